The molecule has 0 spiro atoms. The van der Waals surface area contributed by atoms with Gasteiger partial charge in [-0.3, -0.25) is 0 Å². The van der Waals surface area contributed by atoms with Gasteiger partial charge in [0.1, 0.15) is 13.2 Å². The van der Waals surface area contributed by atoms with Crippen molar-refractivity contribution in [2.24, 2.45) is 11.8 Å². The predicted molar refractivity (Wildman–Crippen MR) is 176 cm³/mol. The van der Waals surface area contributed by atoms with E-state index in [2.05, 4.69) is 21.3 Å². The van der Waals surface area contributed by atoms with Gasteiger partial charge in [-0.1, -0.05) is 99.2 Å². The van der Waals surface area contributed by atoms with Crippen molar-refractivity contribution in [3.05, 3.63) is 83.9 Å². The monoisotopic (exact) mass is 632 g/mol. The first kappa shape index (κ1) is 34.5. The van der Waals surface area contributed by atoms with E-state index >= 15 is 0 Å². The SMILES string of the molecule is O=C(NCC1CCCCC1)N[C@@H](COC(=O)/C=C/C(=O)OC[C@H](NC(=O)NCC1CCCCC1)c1ccccc1)c1ccccc1. The minimum Gasteiger partial charge on any atom is -0.460 e. The van der Waals surface area contributed by atoms with E-state index < -0.39 is 24.0 Å². The maximum absolute atomic E-state index is 12.7. The zero-order valence-corrected chi connectivity index (χ0v) is 26.6. The molecule has 248 valence electrons. The van der Waals surface area contributed by atoms with Gasteiger partial charge in [0.05, 0.1) is 12.1 Å². The molecule has 46 heavy (non-hydrogen) atoms. The Labute approximate surface area is 272 Å². The van der Waals surface area contributed by atoms with Gasteiger partial charge in [0, 0.05) is 25.2 Å². The Morgan fingerprint density at radius 2 is 0.957 bits per heavy atom. The molecule has 0 aromatic heterocycles. The van der Waals surface area contributed by atoms with Crippen LogP contribution in [0, 0.1) is 11.8 Å². The van der Waals surface area contributed by atoms with Crippen LogP contribution < -0.4 is 21.3 Å². The lowest BCUT2D eigenvalue weighted by Gasteiger charge is -2.23. The van der Waals surface area contributed by atoms with Gasteiger partial charge in [0.2, 0.25) is 0 Å². The van der Waals surface area contributed by atoms with Crippen LogP contribution in [0.4, 0.5) is 9.59 Å². The molecule has 4 rings (SSSR count). The van der Waals surface area contributed by atoms with Gasteiger partial charge in [0.15, 0.2) is 0 Å². The number of carbonyl (C=O) groups excluding carboxylic acids is 4. The molecule has 2 aliphatic rings. The van der Waals surface area contributed by atoms with Gasteiger partial charge in [-0.25, -0.2) is 19.2 Å². The van der Waals surface area contributed by atoms with Crippen LogP contribution in [0.3, 0.4) is 0 Å². The van der Waals surface area contributed by atoms with Crippen LogP contribution in [-0.4, -0.2) is 50.3 Å². The van der Waals surface area contributed by atoms with Crippen molar-refractivity contribution in [1.29, 1.82) is 0 Å². The van der Waals surface area contributed by atoms with Crippen molar-refractivity contribution < 1.29 is 28.7 Å². The van der Waals surface area contributed by atoms with Crippen molar-refractivity contribution in [3.8, 4) is 0 Å². The summed E-state index contributed by atoms with van der Waals surface area (Å²) in [6, 6.07) is 16.7. The van der Waals surface area contributed by atoms with Crippen molar-refractivity contribution in [2.45, 2.75) is 76.3 Å². The van der Waals surface area contributed by atoms with E-state index in [1.165, 1.54) is 38.5 Å². The Kier molecular flexibility index (Phi) is 14.4. The lowest BCUT2D eigenvalue weighted by molar-refractivity contribution is -0.141. The smallest absolute Gasteiger partial charge is 0.331 e. The Morgan fingerprint density at radius 1 is 0.587 bits per heavy atom. The van der Waals surface area contributed by atoms with Crippen LogP contribution in [0.1, 0.15) is 87.4 Å². The fraction of sp³-hybridized carbons (Fsp3) is 0.500. The predicted octanol–water partition coefficient (Wildman–Crippen LogP) is 5.87. The van der Waals surface area contributed by atoms with E-state index in [9.17, 15) is 19.2 Å². The van der Waals surface area contributed by atoms with Crippen molar-refractivity contribution in [2.75, 3.05) is 26.3 Å². The molecule has 2 aromatic carbocycles. The lowest BCUT2D eigenvalue weighted by atomic mass is 9.89. The highest BCUT2D eigenvalue weighted by atomic mass is 16.5. The molecule has 2 saturated carbocycles. The molecule has 4 N–H and O–H groups in total. The molecule has 10 heteroatoms. The van der Waals surface area contributed by atoms with Crippen LogP contribution >= 0.6 is 0 Å². The zero-order valence-electron chi connectivity index (χ0n) is 26.6. The minimum atomic E-state index is -0.748. The molecule has 0 saturated heterocycles. The molecular weight excluding hydrogens is 584 g/mol. The summed E-state index contributed by atoms with van der Waals surface area (Å²) in [5, 5.41) is 11.7. The molecule has 2 aromatic rings. The number of rotatable bonds is 14. The topological polar surface area (TPSA) is 135 Å². The first-order valence-electron chi connectivity index (χ1n) is 16.7. The molecule has 2 fully saturated rings. The van der Waals surface area contributed by atoms with Crippen molar-refractivity contribution in [3.63, 3.8) is 0 Å². The maximum Gasteiger partial charge on any atom is 0.331 e. The van der Waals surface area contributed by atoms with Gasteiger partial charge in [-0.15, -0.1) is 0 Å². The van der Waals surface area contributed by atoms with Crippen molar-refractivity contribution in [1.82, 2.24) is 21.3 Å². The van der Waals surface area contributed by atoms with E-state index in [1.54, 1.807) is 0 Å². The molecule has 0 unspecified atom stereocenters. The van der Waals surface area contributed by atoms with Crippen LogP contribution in [-0.2, 0) is 19.1 Å². The Hall–Kier alpha value is -4.34. The highest BCUT2D eigenvalue weighted by Crippen LogP contribution is 2.24. The van der Waals surface area contributed by atoms with Crippen molar-refractivity contribution >= 4 is 24.0 Å². The average Bonchev–Trinajstić information content (AvgIpc) is 3.10. The third kappa shape index (κ3) is 12.6. The fourth-order valence-electron chi connectivity index (χ4n) is 6.05. The number of amides is 4. The van der Waals surface area contributed by atoms with Gasteiger partial charge >= 0.3 is 24.0 Å². The van der Waals surface area contributed by atoms with Gasteiger partial charge < -0.3 is 30.7 Å². The third-order valence-corrected chi connectivity index (χ3v) is 8.71. The van der Waals surface area contributed by atoms with Gasteiger partial charge in [-0.05, 0) is 48.6 Å². The normalized spacial score (nSPS) is 17.0. The molecule has 2 aliphatic carbocycles. The first-order valence-corrected chi connectivity index (χ1v) is 16.7. The number of urea groups is 2. The Balaban J connectivity index is 1.23. The zero-order chi connectivity index (χ0) is 32.4. The highest BCUT2D eigenvalue weighted by Gasteiger charge is 2.20. The summed E-state index contributed by atoms with van der Waals surface area (Å²) in [5.74, 6) is -0.525. The van der Waals surface area contributed by atoms with E-state index in [-0.39, 0.29) is 25.3 Å². The summed E-state index contributed by atoms with van der Waals surface area (Å²) in [5.41, 5.74) is 1.57. The second-order valence-electron chi connectivity index (χ2n) is 12.2. The molecule has 2 atom stereocenters. The molecule has 10 nitrogen and oxygen atoms in total. The summed E-state index contributed by atoms with van der Waals surface area (Å²) in [6.07, 6.45) is 13.7. The first-order chi connectivity index (χ1) is 22.5. The lowest BCUT2D eigenvalue weighted by Crippen LogP contribution is -2.42. The number of benzene rings is 2. The second-order valence-corrected chi connectivity index (χ2v) is 12.2. The molecular formula is C36H48N4O6. The highest BCUT2D eigenvalue weighted by molar-refractivity contribution is 5.91. The number of hydrogen-bond donors (Lipinski definition) is 4. The van der Waals surface area contributed by atoms with E-state index in [0.29, 0.717) is 24.9 Å². The number of esters is 2. The minimum absolute atomic E-state index is 0.116. The van der Waals surface area contributed by atoms with Gasteiger partial charge in [0.25, 0.3) is 0 Å². The van der Waals surface area contributed by atoms with Crippen LogP contribution in [0.5, 0.6) is 0 Å². The van der Waals surface area contributed by atoms with Crippen LogP contribution in [0.25, 0.3) is 0 Å². The van der Waals surface area contributed by atoms with Crippen LogP contribution in [0.15, 0.2) is 72.8 Å². The molecule has 4 amide bonds. The summed E-state index contributed by atoms with van der Waals surface area (Å²) in [4.78, 5) is 50.3. The summed E-state index contributed by atoms with van der Waals surface area (Å²) >= 11 is 0. The Bertz CT molecular complexity index is 1160. The maximum atomic E-state index is 12.7. The number of carbonyl (C=O) groups is 4. The second kappa shape index (κ2) is 19.2. The Morgan fingerprint density at radius 3 is 1.33 bits per heavy atom. The average molecular weight is 633 g/mol. The standard InChI is InChI=1S/C36H48N4O6/c41-33(45-25-31(29-17-9-3-10-18-29)39-35(43)37-23-27-13-5-1-6-14-27)21-22-34(42)46-26-32(30-19-11-4-12-20-30)40-36(44)38-24-28-15-7-2-8-16-28/h3-4,9-12,17-22,27-28,31-32H,1-2,5-8,13-16,23-26H2,(H2,37,39,43)(H2,38,40,44)/b22-21+/t31-,32-/m0/s1. The number of nitrogens with one attached hydrogen (secondary N) is 4. The van der Waals surface area contributed by atoms with Crippen LogP contribution in [0.2, 0.25) is 0 Å². The molecule has 0 radical (unpaired) electrons. The van der Waals surface area contributed by atoms with E-state index in [0.717, 1.165) is 49.0 Å². The number of hydrogen-bond acceptors (Lipinski definition) is 6. The molecule has 0 bridgehead atoms. The summed E-state index contributed by atoms with van der Waals surface area (Å²) < 4.78 is 10.8. The quantitative estimate of drug-likeness (QED) is 0.152. The summed E-state index contributed by atoms with van der Waals surface area (Å²) in [6.45, 7) is 0.998. The van der Waals surface area contributed by atoms with Gasteiger partial charge in [-0.2, -0.15) is 0 Å². The number of ether oxygens (including phenoxy) is 2. The molecule has 0 aliphatic heterocycles. The van der Waals surface area contributed by atoms with E-state index in [4.69, 9.17) is 9.47 Å². The largest absolute Gasteiger partial charge is 0.460 e. The van der Waals surface area contributed by atoms with E-state index in [1.807, 2.05) is 60.7 Å². The summed E-state index contributed by atoms with van der Waals surface area (Å²) in [7, 11) is 0. The fourth-order valence-corrected chi connectivity index (χ4v) is 6.05. The third-order valence-electron chi connectivity index (χ3n) is 8.71. The molecule has 0 heterocycles.